The zero-order valence-corrected chi connectivity index (χ0v) is 36.9. The quantitative estimate of drug-likeness (QED) is 0.0494. The van der Waals surface area contributed by atoms with E-state index in [1.807, 2.05) is 44.2 Å². The number of H-pyrrole nitrogens is 1. The smallest absolute Gasteiger partial charge is 0.316 e. The van der Waals surface area contributed by atoms with Crippen molar-refractivity contribution >= 4 is 39.6 Å². The minimum atomic E-state index is -2.04. The Balaban J connectivity index is 1.32. The average molecular weight is 835 g/mol. The van der Waals surface area contributed by atoms with E-state index in [-0.39, 0.29) is 5.41 Å². The maximum absolute atomic E-state index is 13.6. The van der Waals surface area contributed by atoms with Gasteiger partial charge in [0.1, 0.15) is 0 Å². The van der Waals surface area contributed by atoms with Gasteiger partial charge in [-0.3, -0.25) is 14.5 Å². The van der Waals surface area contributed by atoms with Crippen molar-refractivity contribution in [3.8, 4) is 34.4 Å². The molecule has 5 aromatic rings. The topological polar surface area (TPSA) is 141 Å². The fraction of sp³-hybridized carbons (Fsp3) is 0.500. The van der Waals surface area contributed by atoms with Gasteiger partial charge < -0.3 is 17.8 Å². The number of unbranched alkanes of at least 4 members (excludes halogenated alkanes) is 10. The van der Waals surface area contributed by atoms with Gasteiger partial charge in [-0.25, -0.2) is 4.98 Å². The summed E-state index contributed by atoms with van der Waals surface area (Å²) >= 11 is -4.07. The Hall–Kier alpha value is -4.56. The third kappa shape index (κ3) is 13.8. The molecule has 3 N–H and O–H groups in total. The lowest BCUT2D eigenvalue weighted by molar-refractivity contribution is 0.296. The average Bonchev–Trinajstić information content (AvgIpc) is 3.76. The van der Waals surface area contributed by atoms with Crippen LogP contribution >= 0.6 is 0 Å². The molecule has 0 spiro atoms. The molecule has 0 saturated carbocycles. The van der Waals surface area contributed by atoms with Gasteiger partial charge in [-0.1, -0.05) is 111 Å². The Labute approximate surface area is 349 Å². The largest absolute Gasteiger partial charge is 0.490 e. The first-order chi connectivity index (χ1) is 27.9. The molecular weight excluding hydrogens is 773 g/mol. The highest BCUT2D eigenvalue weighted by molar-refractivity contribution is 7.82. The lowest BCUT2D eigenvalue weighted by atomic mass is 9.93. The molecule has 0 saturated heterocycles. The third-order valence-corrected chi connectivity index (χ3v) is 11.0. The fourth-order valence-corrected chi connectivity index (χ4v) is 7.57. The maximum atomic E-state index is 13.6. The monoisotopic (exact) mass is 834 g/mol. The Kier molecular flexibility index (Phi) is 16.9. The van der Waals surface area contributed by atoms with Gasteiger partial charge in [0.05, 0.1) is 24.6 Å². The number of aryl methyl sites for hydroxylation is 2. The number of fused-ring (bicyclic) bond motifs is 1. The minimum Gasteiger partial charge on any atom is -0.490 e. The molecule has 0 bridgehead atoms. The minimum absolute atomic E-state index is 0.121. The summed E-state index contributed by atoms with van der Waals surface area (Å²) in [7, 11) is 0. The fourth-order valence-electron chi connectivity index (χ4n) is 6.28. The Morgan fingerprint density at radius 3 is 1.59 bits per heavy atom. The molecule has 316 valence electrons. The van der Waals surface area contributed by atoms with Crippen LogP contribution in [0.25, 0.3) is 17.0 Å². The van der Waals surface area contributed by atoms with Crippen LogP contribution in [0.5, 0.6) is 23.0 Å². The molecule has 0 aliphatic rings. The number of nitrogens with one attached hydrogen (secondary N) is 3. The van der Waals surface area contributed by atoms with Crippen molar-refractivity contribution in [1.29, 1.82) is 0 Å². The molecule has 0 fully saturated rings. The standard InChI is InChI=1S/C44H62N6O6S2/c1-8-10-12-14-16-18-24-53-37-22-20-32(3)26-39(37)55-57(51)48-35-28-34(43-45-42-31-41(44(5,6)7)46-50(42)47-43)29-36(30-35)49-58(52)56-40-27-33(4)21-23-38(40)54-25-19-17-15-13-11-9-2/h20-23,26-31,46,48-49H,8-19,24-25H2,1-7H3. The summed E-state index contributed by atoms with van der Waals surface area (Å²) in [5.41, 5.74) is 4.79. The second-order valence-electron chi connectivity index (χ2n) is 15.9. The Morgan fingerprint density at radius 2 is 1.12 bits per heavy atom. The van der Waals surface area contributed by atoms with Crippen LogP contribution in [0.1, 0.15) is 128 Å². The van der Waals surface area contributed by atoms with Gasteiger partial charge in [0.2, 0.25) is 0 Å². The zero-order valence-electron chi connectivity index (χ0n) is 35.3. The maximum Gasteiger partial charge on any atom is 0.316 e. The van der Waals surface area contributed by atoms with Gasteiger partial charge >= 0.3 is 22.5 Å². The summed E-state index contributed by atoms with van der Waals surface area (Å²) in [5, 5.41) is 8.00. The van der Waals surface area contributed by atoms with E-state index in [1.165, 1.54) is 51.4 Å². The van der Waals surface area contributed by atoms with Gasteiger partial charge in [-0.2, -0.15) is 13.0 Å². The van der Waals surface area contributed by atoms with Crippen LogP contribution in [0.2, 0.25) is 0 Å². The molecule has 14 heteroatoms. The highest BCUT2D eigenvalue weighted by Gasteiger charge is 2.20. The summed E-state index contributed by atoms with van der Waals surface area (Å²) in [6.45, 7) is 15.7. The van der Waals surface area contributed by atoms with Gasteiger partial charge in [0, 0.05) is 22.7 Å². The summed E-state index contributed by atoms with van der Waals surface area (Å²) in [6.07, 6.45) is 13.8. The normalized spacial score (nSPS) is 12.7. The molecule has 2 atom stereocenters. The molecule has 3 aromatic carbocycles. The highest BCUT2D eigenvalue weighted by Crippen LogP contribution is 2.33. The van der Waals surface area contributed by atoms with E-state index in [0.29, 0.717) is 64.6 Å². The number of anilines is 2. The van der Waals surface area contributed by atoms with Crippen molar-refractivity contribution in [3.63, 3.8) is 0 Å². The van der Waals surface area contributed by atoms with E-state index in [4.69, 9.17) is 27.9 Å². The summed E-state index contributed by atoms with van der Waals surface area (Å²) in [6, 6.07) is 18.3. The predicted octanol–water partition coefficient (Wildman–Crippen LogP) is 11.3. The molecule has 2 heterocycles. The number of aromatic nitrogens is 4. The van der Waals surface area contributed by atoms with Crippen molar-refractivity contribution in [2.24, 2.45) is 0 Å². The predicted molar refractivity (Wildman–Crippen MR) is 236 cm³/mol. The van der Waals surface area contributed by atoms with Crippen LogP contribution in [0.15, 0.2) is 60.7 Å². The van der Waals surface area contributed by atoms with Crippen LogP contribution in [0.3, 0.4) is 0 Å². The number of nitrogens with zero attached hydrogens (tertiary/aromatic N) is 3. The van der Waals surface area contributed by atoms with E-state index in [0.717, 1.165) is 42.5 Å². The van der Waals surface area contributed by atoms with E-state index >= 15 is 0 Å². The van der Waals surface area contributed by atoms with Crippen molar-refractivity contribution in [2.75, 3.05) is 22.7 Å². The molecule has 0 aliphatic heterocycles. The number of ether oxygens (including phenoxy) is 2. The second-order valence-corrected chi connectivity index (χ2v) is 17.6. The van der Waals surface area contributed by atoms with E-state index in [2.05, 4.69) is 49.2 Å². The number of aromatic amines is 1. The lowest BCUT2D eigenvalue weighted by Gasteiger charge is -2.15. The van der Waals surface area contributed by atoms with E-state index in [1.54, 1.807) is 35.0 Å². The Bertz CT molecular complexity index is 1980. The highest BCUT2D eigenvalue weighted by atomic mass is 32.2. The number of hydrogen-bond donors (Lipinski definition) is 3. The molecule has 12 nitrogen and oxygen atoms in total. The van der Waals surface area contributed by atoms with Crippen LogP contribution in [-0.2, 0) is 27.9 Å². The van der Waals surface area contributed by atoms with Crippen LogP contribution in [0.4, 0.5) is 11.4 Å². The molecule has 5 rings (SSSR count). The Morgan fingerprint density at radius 1 is 0.638 bits per heavy atom. The first-order valence-electron chi connectivity index (χ1n) is 20.7. The zero-order chi connectivity index (χ0) is 41.5. The van der Waals surface area contributed by atoms with Crippen LogP contribution in [-0.4, -0.2) is 41.4 Å². The first kappa shape index (κ1) is 44.5. The molecule has 0 radical (unpaired) electrons. The van der Waals surface area contributed by atoms with Crippen molar-refractivity contribution in [1.82, 2.24) is 19.8 Å². The SMILES string of the molecule is CCCCCCCCOc1ccc(C)cc1OS(=O)Nc1cc(NS(=O)Oc2cc(C)ccc2OCCCCCCCC)cc(-c2nc3cc(C(C)(C)C)[nH]n3n2)c1. The summed E-state index contributed by atoms with van der Waals surface area (Å²) < 4.78 is 58.7. The van der Waals surface area contributed by atoms with Gasteiger partial charge in [-0.05, 0) is 80.3 Å². The molecular formula is C44H62N6O6S2. The molecule has 2 aromatic heterocycles. The van der Waals surface area contributed by atoms with E-state index < -0.39 is 22.5 Å². The first-order valence-corrected chi connectivity index (χ1v) is 22.9. The summed E-state index contributed by atoms with van der Waals surface area (Å²) in [4.78, 5) is 4.77. The third-order valence-electron chi connectivity index (χ3n) is 9.57. The van der Waals surface area contributed by atoms with Gasteiger partial charge in [-0.15, -0.1) is 5.10 Å². The van der Waals surface area contributed by atoms with Gasteiger partial charge in [0.25, 0.3) is 0 Å². The number of benzene rings is 3. The van der Waals surface area contributed by atoms with Crippen molar-refractivity contribution in [3.05, 3.63) is 77.5 Å². The summed E-state index contributed by atoms with van der Waals surface area (Å²) in [5.74, 6) is 2.19. The van der Waals surface area contributed by atoms with Crippen LogP contribution in [0, 0.1) is 13.8 Å². The van der Waals surface area contributed by atoms with Crippen molar-refractivity contribution < 1.29 is 26.3 Å². The lowest BCUT2D eigenvalue weighted by Crippen LogP contribution is -2.14. The van der Waals surface area contributed by atoms with E-state index in [9.17, 15) is 8.42 Å². The number of hydrogen-bond acceptors (Lipinski definition) is 8. The molecule has 0 amide bonds. The molecule has 0 aliphatic carbocycles. The molecule has 58 heavy (non-hydrogen) atoms. The van der Waals surface area contributed by atoms with Crippen LogP contribution < -0.4 is 27.3 Å². The number of rotatable bonds is 25. The van der Waals surface area contributed by atoms with Crippen molar-refractivity contribution in [2.45, 2.75) is 131 Å². The molecule has 2 unspecified atom stereocenters. The van der Waals surface area contributed by atoms with Gasteiger partial charge in [0.15, 0.2) is 34.5 Å². The second kappa shape index (κ2) is 22.0.